The molecule has 0 aliphatic carbocycles. The lowest BCUT2D eigenvalue weighted by Gasteiger charge is -2.31. The van der Waals surface area contributed by atoms with Crippen LogP contribution in [0.1, 0.15) is 12.8 Å². The Morgan fingerprint density at radius 1 is 1.25 bits per heavy atom. The Hall–Kier alpha value is -1.11. The van der Waals surface area contributed by atoms with E-state index in [2.05, 4.69) is 11.9 Å². The van der Waals surface area contributed by atoms with Gasteiger partial charge in [0.05, 0.1) is 4.90 Å². The van der Waals surface area contributed by atoms with Crippen molar-refractivity contribution in [3.05, 3.63) is 24.3 Å². The van der Waals surface area contributed by atoms with Gasteiger partial charge >= 0.3 is 0 Å². The van der Waals surface area contributed by atoms with Gasteiger partial charge in [-0.15, -0.1) is 0 Å². The summed E-state index contributed by atoms with van der Waals surface area (Å²) in [6, 6.07) is 5.68. The van der Waals surface area contributed by atoms with Crippen molar-refractivity contribution >= 4 is 10.0 Å². The maximum atomic E-state index is 12.4. The normalized spacial score (nSPS) is 18.6. The Labute approximate surface area is 120 Å². The van der Waals surface area contributed by atoms with Gasteiger partial charge in [-0.1, -0.05) is 0 Å². The van der Waals surface area contributed by atoms with E-state index in [1.54, 1.807) is 7.05 Å². The van der Waals surface area contributed by atoms with Crippen molar-refractivity contribution in [2.24, 2.45) is 5.92 Å². The van der Waals surface area contributed by atoms with Gasteiger partial charge in [-0.2, -0.15) is 0 Å². The highest BCUT2D eigenvalue weighted by atomic mass is 32.2. The molecule has 0 amide bonds. The molecule has 0 radical (unpaired) electrons. The summed E-state index contributed by atoms with van der Waals surface area (Å²) < 4.78 is 26.3. The lowest BCUT2D eigenvalue weighted by Crippen LogP contribution is -2.37. The van der Waals surface area contributed by atoms with Crippen LogP contribution in [0.15, 0.2) is 29.2 Å². The Balaban J connectivity index is 2.04. The summed E-state index contributed by atoms with van der Waals surface area (Å²) in [5.74, 6) is 0.491. The molecule has 2 rings (SSSR count). The molecule has 1 saturated heterocycles. The SMILES string of the molecule is CN1CCC(CN(C)S(=O)(=O)c2ccc(O)cc2)CC1. The van der Waals surface area contributed by atoms with Crippen molar-refractivity contribution in [1.29, 1.82) is 0 Å². The molecule has 1 aromatic rings. The molecule has 1 aliphatic heterocycles. The molecule has 0 unspecified atom stereocenters. The van der Waals surface area contributed by atoms with Gasteiger partial charge in [0.2, 0.25) is 10.0 Å². The highest BCUT2D eigenvalue weighted by Gasteiger charge is 2.25. The number of hydrogen-bond donors (Lipinski definition) is 1. The second-order valence-electron chi connectivity index (χ2n) is 5.53. The third-order valence-corrected chi connectivity index (χ3v) is 5.74. The maximum absolute atomic E-state index is 12.4. The average molecular weight is 298 g/mol. The molecule has 1 fully saturated rings. The largest absolute Gasteiger partial charge is 0.508 e. The number of hydrogen-bond acceptors (Lipinski definition) is 4. The molecule has 20 heavy (non-hydrogen) atoms. The summed E-state index contributed by atoms with van der Waals surface area (Å²) in [5, 5.41) is 9.23. The van der Waals surface area contributed by atoms with Gasteiger partial charge in [0.1, 0.15) is 5.75 Å². The molecule has 0 saturated carbocycles. The predicted octanol–water partition coefficient (Wildman–Crippen LogP) is 1.35. The van der Waals surface area contributed by atoms with E-state index in [0.717, 1.165) is 25.9 Å². The second kappa shape index (κ2) is 6.11. The molecule has 1 heterocycles. The van der Waals surface area contributed by atoms with Crippen LogP contribution in [0.2, 0.25) is 0 Å². The lowest BCUT2D eigenvalue weighted by atomic mass is 9.97. The molecule has 0 spiro atoms. The summed E-state index contributed by atoms with van der Waals surface area (Å²) in [6.45, 7) is 2.60. The molecule has 1 aromatic carbocycles. The first-order valence-electron chi connectivity index (χ1n) is 6.83. The van der Waals surface area contributed by atoms with Crippen LogP contribution in [-0.4, -0.2) is 56.5 Å². The van der Waals surface area contributed by atoms with E-state index in [4.69, 9.17) is 0 Å². The van der Waals surface area contributed by atoms with E-state index < -0.39 is 10.0 Å². The highest BCUT2D eigenvalue weighted by molar-refractivity contribution is 7.89. The zero-order valence-corrected chi connectivity index (χ0v) is 12.8. The Morgan fingerprint density at radius 2 is 1.80 bits per heavy atom. The van der Waals surface area contributed by atoms with Crippen molar-refractivity contribution in [2.45, 2.75) is 17.7 Å². The van der Waals surface area contributed by atoms with Crippen molar-refractivity contribution in [3.63, 3.8) is 0 Å². The number of likely N-dealkylation sites (tertiary alicyclic amines) is 1. The van der Waals surface area contributed by atoms with Gasteiger partial charge in [-0.05, 0) is 63.2 Å². The number of nitrogens with zero attached hydrogens (tertiary/aromatic N) is 2. The summed E-state index contributed by atoms with van der Waals surface area (Å²) in [7, 11) is 0.256. The predicted molar refractivity (Wildman–Crippen MR) is 78.1 cm³/mol. The number of aromatic hydroxyl groups is 1. The fourth-order valence-electron chi connectivity index (χ4n) is 2.50. The van der Waals surface area contributed by atoms with Crippen molar-refractivity contribution in [3.8, 4) is 5.75 Å². The summed E-state index contributed by atoms with van der Waals surface area (Å²) >= 11 is 0. The van der Waals surface area contributed by atoms with Gasteiger partial charge in [0.15, 0.2) is 0 Å². The number of phenols is 1. The minimum absolute atomic E-state index is 0.0712. The van der Waals surface area contributed by atoms with E-state index in [1.807, 2.05) is 0 Å². The molecule has 0 atom stereocenters. The van der Waals surface area contributed by atoms with E-state index >= 15 is 0 Å². The van der Waals surface area contributed by atoms with Crippen LogP contribution in [-0.2, 0) is 10.0 Å². The molecule has 5 nitrogen and oxygen atoms in total. The topological polar surface area (TPSA) is 60.9 Å². The molecule has 6 heteroatoms. The number of phenolic OH excluding ortho intramolecular Hbond substituents is 1. The monoisotopic (exact) mass is 298 g/mol. The van der Waals surface area contributed by atoms with Crippen LogP contribution >= 0.6 is 0 Å². The number of sulfonamides is 1. The number of benzene rings is 1. The van der Waals surface area contributed by atoms with E-state index in [0.29, 0.717) is 12.5 Å². The van der Waals surface area contributed by atoms with Gasteiger partial charge in [0, 0.05) is 13.6 Å². The Morgan fingerprint density at radius 3 is 2.35 bits per heavy atom. The quantitative estimate of drug-likeness (QED) is 0.911. The average Bonchev–Trinajstić information content (AvgIpc) is 2.42. The molecule has 1 aliphatic rings. The van der Waals surface area contributed by atoms with Gasteiger partial charge in [-0.3, -0.25) is 0 Å². The highest BCUT2D eigenvalue weighted by Crippen LogP contribution is 2.22. The van der Waals surface area contributed by atoms with Gasteiger partial charge in [-0.25, -0.2) is 12.7 Å². The first-order chi connectivity index (χ1) is 9.39. The lowest BCUT2D eigenvalue weighted by molar-refractivity contribution is 0.202. The van der Waals surface area contributed by atoms with E-state index in [9.17, 15) is 13.5 Å². The number of piperidine rings is 1. The summed E-state index contributed by atoms with van der Waals surface area (Å²) in [5.41, 5.74) is 0. The maximum Gasteiger partial charge on any atom is 0.242 e. The molecule has 112 valence electrons. The van der Waals surface area contributed by atoms with E-state index in [-0.39, 0.29) is 10.6 Å². The van der Waals surface area contributed by atoms with Crippen LogP contribution in [0.3, 0.4) is 0 Å². The number of rotatable bonds is 4. The van der Waals surface area contributed by atoms with E-state index in [1.165, 1.54) is 28.6 Å². The van der Waals surface area contributed by atoms with Crippen molar-refractivity contribution < 1.29 is 13.5 Å². The second-order valence-corrected chi connectivity index (χ2v) is 7.57. The third kappa shape index (κ3) is 3.50. The van der Waals surface area contributed by atoms with Crippen LogP contribution < -0.4 is 0 Å². The van der Waals surface area contributed by atoms with Crippen LogP contribution in [0.25, 0.3) is 0 Å². The van der Waals surface area contributed by atoms with Gasteiger partial charge in [0.25, 0.3) is 0 Å². The molecular weight excluding hydrogens is 276 g/mol. The standard InChI is InChI=1S/C14H22N2O3S/c1-15-9-7-12(8-10-15)11-16(2)20(18,19)14-5-3-13(17)4-6-14/h3-6,12,17H,7-11H2,1-2H3. The van der Waals surface area contributed by atoms with Crippen molar-refractivity contribution in [1.82, 2.24) is 9.21 Å². The summed E-state index contributed by atoms with van der Waals surface area (Å²) in [4.78, 5) is 2.50. The molecule has 1 N–H and O–H groups in total. The molecule has 0 aromatic heterocycles. The van der Waals surface area contributed by atoms with Crippen LogP contribution in [0.5, 0.6) is 5.75 Å². The van der Waals surface area contributed by atoms with Crippen LogP contribution in [0.4, 0.5) is 0 Å². The first kappa shape index (κ1) is 15.3. The minimum Gasteiger partial charge on any atom is -0.508 e. The Kier molecular flexibility index (Phi) is 4.67. The zero-order valence-electron chi connectivity index (χ0n) is 12.0. The van der Waals surface area contributed by atoms with Crippen LogP contribution in [0, 0.1) is 5.92 Å². The Bertz CT molecular complexity index is 534. The first-order valence-corrected chi connectivity index (χ1v) is 8.27. The third-order valence-electron chi connectivity index (χ3n) is 3.90. The fourth-order valence-corrected chi connectivity index (χ4v) is 3.75. The summed E-state index contributed by atoms with van der Waals surface area (Å²) in [6.07, 6.45) is 2.07. The fraction of sp³-hybridized carbons (Fsp3) is 0.571. The van der Waals surface area contributed by atoms with Gasteiger partial charge < -0.3 is 10.0 Å². The zero-order chi connectivity index (χ0) is 14.8. The minimum atomic E-state index is -3.46. The molecular formula is C14H22N2O3S. The smallest absolute Gasteiger partial charge is 0.242 e. The van der Waals surface area contributed by atoms with Crippen molar-refractivity contribution in [2.75, 3.05) is 33.7 Å². The molecule has 0 bridgehead atoms.